The molecule has 0 aliphatic carbocycles. The van der Waals surface area contributed by atoms with Crippen molar-refractivity contribution in [2.75, 3.05) is 7.05 Å². The summed E-state index contributed by atoms with van der Waals surface area (Å²) in [5.41, 5.74) is -11.2. The van der Waals surface area contributed by atoms with Gasteiger partial charge in [0, 0.05) is 32.4 Å². The third kappa shape index (κ3) is 4.82. The minimum atomic E-state index is -6.66. The molecule has 1 N–H and O–H groups in total. The van der Waals surface area contributed by atoms with Crippen molar-refractivity contribution in [2.24, 2.45) is 0 Å². The van der Waals surface area contributed by atoms with Crippen molar-refractivity contribution in [3.8, 4) is 0 Å². The van der Waals surface area contributed by atoms with Crippen LogP contribution < -0.4 is 0 Å². The average molecular weight is 440 g/mol. The number of rotatable bonds is 3. The van der Waals surface area contributed by atoms with Crippen LogP contribution in [0.15, 0.2) is 24.3 Å². The highest BCUT2D eigenvalue weighted by Crippen LogP contribution is 2.32. The Morgan fingerprint density at radius 3 is 1.74 bits per heavy atom. The number of hydrogen-bond donors (Lipinski definition) is 1. The maximum Gasteiger partial charge on any atom is 0.502 e. The van der Waals surface area contributed by atoms with Crippen LogP contribution in [0.4, 0.5) is 32.0 Å². The van der Waals surface area contributed by atoms with Gasteiger partial charge in [0.15, 0.2) is 15.5 Å². The molecule has 154 valence electrons. The second-order valence-corrected chi connectivity index (χ2v) is 9.87. The summed E-state index contributed by atoms with van der Waals surface area (Å²) < 4.78 is 119. The van der Waals surface area contributed by atoms with Crippen LogP contribution in [0.3, 0.4) is 0 Å². The third-order valence-electron chi connectivity index (χ3n) is 3.57. The first-order valence-corrected chi connectivity index (χ1v) is 10.1. The van der Waals surface area contributed by atoms with Crippen LogP contribution in [0, 0.1) is 0 Å². The van der Waals surface area contributed by atoms with Crippen LogP contribution >= 0.6 is 0 Å². The van der Waals surface area contributed by atoms with E-state index in [4.69, 9.17) is 4.55 Å². The van der Waals surface area contributed by atoms with E-state index in [2.05, 4.69) is 0 Å². The molecule has 0 radical (unpaired) electrons. The van der Waals surface area contributed by atoms with E-state index in [-0.39, 0.29) is 5.56 Å². The van der Waals surface area contributed by atoms with Gasteiger partial charge in [-0.1, -0.05) is 12.1 Å². The van der Waals surface area contributed by atoms with Crippen LogP contribution in [0.5, 0.6) is 0 Å². The highest BCUT2D eigenvalue weighted by molar-refractivity contribution is 8.22. The zero-order valence-electron chi connectivity index (χ0n) is 14.2. The number of benzene rings is 1. The summed E-state index contributed by atoms with van der Waals surface area (Å²) in [6.45, 7) is 3.50. The first kappa shape index (κ1) is 23.4. The molecule has 27 heavy (non-hydrogen) atoms. The van der Waals surface area contributed by atoms with Crippen LogP contribution in [-0.2, 0) is 26.1 Å². The molecule has 0 bridgehead atoms. The molecule has 1 aromatic rings. The maximum absolute atomic E-state index is 12.8. The second-order valence-electron chi connectivity index (χ2n) is 5.64. The summed E-state index contributed by atoms with van der Waals surface area (Å²) in [6, 6.07) is 4.80. The molecule has 13 heteroatoms. The fourth-order valence-corrected chi connectivity index (χ4v) is 4.85. The van der Waals surface area contributed by atoms with Crippen LogP contribution in [0.1, 0.15) is 19.4 Å². The first-order chi connectivity index (χ1) is 11.9. The summed E-state index contributed by atoms with van der Waals surface area (Å²) in [7, 11) is -11.5. The summed E-state index contributed by atoms with van der Waals surface area (Å²) >= 11 is 0. The number of halogens is 6. The fraction of sp³-hybridized carbons (Fsp3) is 0.429. The lowest BCUT2D eigenvalue weighted by Gasteiger charge is -2.17. The Morgan fingerprint density at radius 1 is 0.963 bits per heavy atom. The molecule has 1 rings (SSSR count). The zero-order chi connectivity index (χ0) is 21.4. The van der Waals surface area contributed by atoms with Gasteiger partial charge in [-0.25, -0.2) is 17.2 Å². The van der Waals surface area contributed by atoms with E-state index in [9.17, 15) is 39.0 Å². The van der Waals surface area contributed by atoms with E-state index < -0.39 is 41.3 Å². The summed E-state index contributed by atoms with van der Waals surface area (Å²) in [6.07, 6.45) is -1.52. The lowest BCUT2D eigenvalue weighted by Crippen LogP contribution is -2.40. The predicted molar refractivity (Wildman–Crippen MR) is 89.2 cm³/mol. The molecule has 1 atom stereocenters. The second kappa shape index (κ2) is 7.43. The van der Waals surface area contributed by atoms with Gasteiger partial charge in [0.2, 0.25) is 5.69 Å². The highest BCUT2D eigenvalue weighted by atomic mass is 32.3. The Hall–Kier alpha value is -1.60. The lowest BCUT2D eigenvalue weighted by molar-refractivity contribution is -0.406. The third-order valence-corrected chi connectivity index (χ3v) is 7.65. The molecule has 0 aromatic heterocycles. The van der Waals surface area contributed by atoms with Crippen LogP contribution in [0.2, 0.25) is 0 Å². The number of nitrogens with zero attached hydrogens (tertiary/aromatic N) is 1. The van der Waals surface area contributed by atoms with Crippen molar-refractivity contribution in [3.05, 3.63) is 29.8 Å². The number of sulfone groups is 1. The molecule has 0 aliphatic rings. The van der Waals surface area contributed by atoms with E-state index in [1.807, 2.05) is 0 Å². The molecule has 0 saturated carbocycles. The molecule has 0 heterocycles. The zero-order valence-corrected chi connectivity index (χ0v) is 15.9. The van der Waals surface area contributed by atoms with Crippen LogP contribution in [0.25, 0.3) is 0 Å². The molecular formula is C14H16F6NO4S2+. The van der Waals surface area contributed by atoms with Crippen molar-refractivity contribution in [2.45, 2.75) is 31.3 Å². The van der Waals surface area contributed by atoms with E-state index in [0.717, 1.165) is 17.8 Å². The molecule has 0 fully saturated rings. The van der Waals surface area contributed by atoms with Gasteiger partial charge in [0.05, 0.1) is 0 Å². The minimum Gasteiger partial charge on any atom is -0.306 e. The Kier molecular flexibility index (Phi) is 6.45. The quantitative estimate of drug-likeness (QED) is 0.339. The van der Waals surface area contributed by atoms with Crippen molar-refractivity contribution in [1.82, 2.24) is 0 Å². The van der Waals surface area contributed by atoms with Gasteiger partial charge in [-0.05, 0) is 5.56 Å². The van der Waals surface area contributed by atoms with Gasteiger partial charge in [0.25, 0.3) is 9.84 Å². The molecule has 0 aliphatic heterocycles. The molecular weight excluding hydrogens is 424 g/mol. The average Bonchev–Trinajstić information content (AvgIpc) is 2.49. The minimum absolute atomic E-state index is 0.310. The summed E-state index contributed by atoms with van der Waals surface area (Å²) in [5, 5.41) is 0. The number of alkyl halides is 6. The van der Waals surface area contributed by atoms with Crippen LogP contribution in [-0.4, -0.2) is 49.7 Å². The molecule has 0 saturated heterocycles. The highest BCUT2D eigenvalue weighted by Gasteiger charge is 2.55. The first-order valence-electron chi connectivity index (χ1n) is 7.06. The Morgan fingerprint density at radius 2 is 1.41 bits per heavy atom. The summed E-state index contributed by atoms with van der Waals surface area (Å²) in [5.74, 6) is 0. The van der Waals surface area contributed by atoms with Gasteiger partial charge in [-0.2, -0.15) is 26.3 Å². The van der Waals surface area contributed by atoms with Gasteiger partial charge >= 0.3 is 11.0 Å². The topological polar surface area (TPSA) is 74.5 Å². The van der Waals surface area contributed by atoms with Crippen molar-refractivity contribution in [3.63, 3.8) is 0 Å². The van der Waals surface area contributed by atoms with Gasteiger partial charge in [-0.15, -0.1) is 0 Å². The van der Waals surface area contributed by atoms with Crippen molar-refractivity contribution in [1.29, 1.82) is 0 Å². The number of hydrogen-bond acceptors (Lipinski definition) is 3. The Labute approximate surface area is 152 Å². The smallest absolute Gasteiger partial charge is 0.306 e. The largest absolute Gasteiger partial charge is 0.502 e. The monoisotopic (exact) mass is 440 g/mol. The van der Waals surface area contributed by atoms with Gasteiger partial charge in [-0.3, -0.25) is 0 Å². The molecule has 0 amide bonds. The Balaban J connectivity index is 3.62. The van der Waals surface area contributed by atoms with E-state index in [1.54, 1.807) is 25.5 Å². The normalized spacial score (nSPS) is 15.2. The SMILES string of the molecule is CC(C)=[N+](C)c1ccc(CC(S(=O)(=O)C(F)(F)F)=S(=O)(O)C(F)(F)F)cc1. The van der Waals surface area contributed by atoms with Crippen molar-refractivity contribution >= 4 is 35.2 Å². The molecule has 1 unspecified atom stereocenters. The molecule has 5 nitrogen and oxygen atoms in total. The Bertz CT molecular complexity index is 962. The standard InChI is InChI=1S/C14H15F6NO4S2/c1-9(2)21(3)11-6-4-10(5-7-11)8-12(26(22,23)13(15,16)17)27(24,25)14(18,19)20/h4-7H,8H2,1-3H3/p+1. The van der Waals surface area contributed by atoms with E-state index >= 15 is 0 Å². The fourth-order valence-electron chi connectivity index (χ4n) is 1.86. The van der Waals surface area contributed by atoms with E-state index in [0.29, 0.717) is 5.69 Å². The van der Waals surface area contributed by atoms with Gasteiger partial charge in [0.1, 0.15) is 11.2 Å². The molecule has 0 spiro atoms. The maximum atomic E-state index is 12.8. The summed E-state index contributed by atoms with van der Waals surface area (Å²) in [4.78, 5) is 0. The van der Waals surface area contributed by atoms with E-state index in [1.165, 1.54) is 12.1 Å². The predicted octanol–water partition coefficient (Wildman–Crippen LogP) is 3.33. The molecule has 1 aromatic carbocycles. The van der Waals surface area contributed by atoms with Gasteiger partial charge < -0.3 is 4.55 Å². The lowest BCUT2D eigenvalue weighted by atomic mass is 10.1. The van der Waals surface area contributed by atoms with Crippen molar-refractivity contribution < 1.29 is 48.1 Å².